The Kier molecular flexibility index (Phi) is 5.33. The number of hydrogen-bond acceptors (Lipinski definition) is 1. The van der Waals surface area contributed by atoms with Crippen LogP contribution >= 0.6 is 30.0 Å². The van der Waals surface area contributed by atoms with Gasteiger partial charge in [0.25, 0.3) is 0 Å². The van der Waals surface area contributed by atoms with Crippen LogP contribution in [0, 0.1) is 0 Å². The molecule has 0 aliphatic carbocycles. The zero-order valence-electron chi connectivity index (χ0n) is 2.49. The second-order valence-electron chi connectivity index (χ2n) is 0.398. The standard InChI is InChI=1S/CH4BIS/c1-2-4-3/h2H,1H3. The molecule has 0 aromatic heterocycles. The Bertz CT molecular complexity index is 10.0. The highest BCUT2D eigenvalue weighted by atomic mass is 127. The number of halogens is 1. The van der Waals surface area contributed by atoms with Crippen molar-refractivity contribution in [2.75, 3.05) is 0 Å². The summed E-state index contributed by atoms with van der Waals surface area (Å²) in [5.41, 5.74) is 0. The van der Waals surface area contributed by atoms with Crippen molar-refractivity contribution in [2.24, 2.45) is 0 Å². The Morgan fingerprint density at radius 2 is 2.25 bits per heavy atom. The van der Waals surface area contributed by atoms with E-state index in [1.165, 1.54) is 6.56 Å². The van der Waals surface area contributed by atoms with Crippen LogP contribution in [-0.2, 0) is 0 Å². The van der Waals surface area contributed by atoms with Crippen molar-refractivity contribution in [3.63, 3.8) is 0 Å². The summed E-state index contributed by atoms with van der Waals surface area (Å²) in [6.07, 6.45) is 0. The van der Waals surface area contributed by atoms with Gasteiger partial charge in [-0.2, -0.15) is 0 Å². The van der Waals surface area contributed by atoms with Gasteiger partial charge < -0.3 is 0 Å². The van der Waals surface area contributed by atoms with E-state index < -0.39 is 0 Å². The molecule has 0 saturated carbocycles. The van der Waals surface area contributed by atoms with Crippen molar-refractivity contribution in [1.29, 1.82) is 0 Å². The third-order valence-corrected chi connectivity index (χ3v) is 2.20. The maximum atomic E-state index is 2.27. The van der Waals surface area contributed by atoms with Crippen molar-refractivity contribution in [1.82, 2.24) is 0 Å². The van der Waals surface area contributed by atoms with Gasteiger partial charge in [0.1, 0.15) is 0 Å². The van der Waals surface area contributed by atoms with Gasteiger partial charge in [-0.3, -0.25) is 0 Å². The van der Waals surface area contributed by atoms with Gasteiger partial charge in [-0.25, -0.2) is 0 Å². The molecule has 0 heterocycles. The molecule has 0 fully saturated rings. The molecule has 0 N–H and O–H groups in total. The van der Waals surface area contributed by atoms with E-state index in [9.17, 15) is 0 Å². The molecule has 0 aromatic carbocycles. The zero-order chi connectivity index (χ0) is 3.41. The van der Waals surface area contributed by atoms with Gasteiger partial charge in [-0.15, -0.1) is 8.78 Å². The van der Waals surface area contributed by atoms with Crippen molar-refractivity contribution in [2.45, 2.75) is 6.82 Å². The van der Waals surface area contributed by atoms with Crippen LogP contribution in [0.2, 0.25) is 6.82 Å². The minimum absolute atomic E-state index is 1.22. The Hall–Kier alpha value is 1.14. The summed E-state index contributed by atoms with van der Waals surface area (Å²) in [7, 11) is 1.83. The summed E-state index contributed by atoms with van der Waals surface area (Å²) in [5, 5.41) is 0. The molecule has 0 amide bonds. The van der Waals surface area contributed by atoms with Gasteiger partial charge in [-0.1, -0.05) is 6.82 Å². The lowest BCUT2D eigenvalue weighted by Gasteiger charge is -1.62. The lowest BCUT2D eigenvalue weighted by atomic mass is 10.2. The summed E-state index contributed by atoms with van der Waals surface area (Å²) in [6.45, 7) is 3.36. The molecule has 0 aliphatic heterocycles. The van der Waals surface area contributed by atoms with Crippen LogP contribution < -0.4 is 0 Å². The van der Waals surface area contributed by atoms with Crippen LogP contribution in [0.15, 0.2) is 0 Å². The minimum atomic E-state index is 1.22. The molecular weight excluding hydrogens is 182 g/mol. The number of hydrogen-bond donors (Lipinski definition) is 0. The van der Waals surface area contributed by atoms with Gasteiger partial charge in [0.15, 0.2) is 0 Å². The SMILES string of the molecule is CBSI. The van der Waals surface area contributed by atoms with Gasteiger partial charge >= 0.3 is 0 Å². The molecule has 0 bridgehead atoms. The van der Waals surface area contributed by atoms with Gasteiger partial charge in [-0.05, 0) is 21.2 Å². The molecule has 0 unspecified atom stereocenters. The van der Waals surface area contributed by atoms with Crippen LogP contribution in [0.4, 0.5) is 0 Å². The lowest BCUT2D eigenvalue weighted by molar-refractivity contribution is 2.38. The Morgan fingerprint density at radius 1 is 2.00 bits per heavy atom. The maximum Gasteiger partial charge on any atom is 0.202 e. The fourth-order valence-corrected chi connectivity index (χ4v) is 0. The van der Waals surface area contributed by atoms with E-state index in [0.29, 0.717) is 0 Å². The molecule has 4 heavy (non-hydrogen) atoms. The third kappa shape index (κ3) is 3.14. The highest BCUT2D eigenvalue weighted by Crippen LogP contribution is 2.04. The third-order valence-electron chi connectivity index (χ3n) is 0.109. The molecule has 0 rings (SSSR count). The summed E-state index contributed by atoms with van der Waals surface area (Å²) in [5.74, 6) is 0. The van der Waals surface area contributed by atoms with E-state index in [0.717, 1.165) is 0 Å². The molecule has 0 nitrogen and oxygen atoms in total. The molecule has 0 aliphatic rings. The minimum Gasteiger partial charge on any atom is -0.146 e. The molecular formula is CH4BIS. The Labute approximate surface area is 43.5 Å². The van der Waals surface area contributed by atoms with Gasteiger partial charge in [0.05, 0.1) is 0 Å². The molecule has 0 spiro atoms. The van der Waals surface area contributed by atoms with E-state index >= 15 is 0 Å². The van der Waals surface area contributed by atoms with Gasteiger partial charge in [0.2, 0.25) is 6.56 Å². The fourth-order valence-electron chi connectivity index (χ4n) is 0. The van der Waals surface area contributed by atoms with Crippen LogP contribution in [0.1, 0.15) is 0 Å². The quantitative estimate of drug-likeness (QED) is 0.441. The van der Waals surface area contributed by atoms with Crippen molar-refractivity contribution in [3.8, 4) is 0 Å². The second kappa shape index (κ2) is 4.14. The maximum absolute atomic E-state index is 2.27. The Balaban J connectivity index is 1.97. The summed E-state index contributed by atoms with van der Waals surface area (Å²) in [4.78, 5) is 0. The topological polar surface area (TPSA) is 0 Å². The Morgan fingerprint density at radius 3 is 2.25 bits per heavy atom. The van der Waals surface area contributed by atoms with Crippen LogP contribution in [0.25, 0.3) is 0 Å². The van der Waals surface area contributed by atoms with Gasteiger partial charge in [0, 0.05) is 0 Å². The highest BCUT2D eigenvalue weighted by Gasteiger charge is 1.64. The van der Waals surface area contributed by atoms with Crippen molar-refractivity contribution >= 4 is 36.5 Å². The van der Waals surface area contributed by atoms with E-state index in [2.05, 4.69) is 28.0 Å². The first-order valence-corrected chi connectivity index (χ1v) is 4.68. The van der Waals surface area contributed by atoms with Crippen LogP contribution in [0.3, 0.4) is 0 Å². The van der Waals surface area contributed by atoms with Crippen molar-refractivity contribution in [3.05, 3.63) is 0 Å². The zero-order valence-corrected chi connectivity index (χ0v) is 5.47. The fraction of sp³-hybridized carbons (Fsp3) is 1.00. The summed E-state index contributed by atoms with van der Waals surface area (Å²) < 4.78 is 0. The second-order valence-corrected chi connectivity index (χ2v) is 3.06. The molecule has 0 saturated heterocycles. The molecule has 0 atom stereocenters. The summed E-state index contributed by atoms with van der Waals surface area (Å²) in [6, 6.07) is 0. The number of rotatable bonds is 1. The monoisotopic (exact) mass is 186 g/mol. The first-order chi connectivity index (χ1) is 1.91. The average Bonchev–Trinajstić information content (AvgIpc) is 1.37. The van der Waals surface area contributed by atoms with Crippen molar-refractivity contribution < 1.29 is 0 Å². The van der Waals surface area contributed by atoms with Crippen LogP contribution in [-0.4, -0.2) is 6.56 Å². The molecule has 0 aromatic rings. The van der Waals surface area contributed by atoms with E-state index in [-0.39, 0.29) is 0 Å². The van der Waals surface area contributed by atoms with E-state index in [4.69, 9.17) is 0 Å². The highest BCUT2D eigenvalue weighted by molar-refractivity contribution is 14.2. The van der Waals surface area contributed by atoms with Crippen LogP contribution in [0.5, 0.6) is 0 Å². The average molecular weight is 186 g/mol. The van der Waals surface area contributed by atoms with E-state index in [1.807, 2.05) is 8.78 Å². The molecule has 3 heteroatoms. The molecule has 0 radical (unpaired) electrons. The predicted octanol–water partition coefficient (Wildman–Crippen LogP) is 1.47. The molecule has 24 valence electrons. The smallest absolute Gasteiger partial charge is 0.146 e. The predicted molar refractivity (Wildman–Crippen MR) is 34.6 cm³/mol. The first kappa shape index (κ1) is 5.14. The lowest BCUT2D eigenvalue weighted by Crippen LogP contribution is -1.52. The largest absolute Gasteiger partial charge is 0.202 e. The summed E-state index contributed by atoms with van der Waals surface area (Å²) >= 11 is 2.27. The van der Waals surface area contributed by atoms with E-state index in [1.54, 1.807) is 0 Å². The first-order valence-electron chi connectivity index (χ1n) is 1.15. The normalized spacial score (nSPS) is 6.50.